The van der Waals surface area contributed by atoms with Gasteiger partial charge in [-0.15, -0.1) is 0 Å². The van der Waals surface area contributed by atoms with Crippen molar-refractivity contribution in [1.82, 2.24) is 3.53 Å². The average Bonchev–Trinajstić information content (AvgIpc) is 3.14. The quantitative estimate of drug-likeness (QED) is 0.107. The first-order chi connectivity index (χ1) is 8.10. The Hall–Kier alpha value is 0.850. The van der Waals surface area contributed by atoms with Gasteiger partial charge in [0.05, 0.1) is 0 Å². The molecule has 100 valence electrons. The van der Waals surface area contributed by atoms with Crippen molar-refractivity contribution >= 4 is 28.6 Å². The van der Waals surface area contributed by atoms with Gasteiger partial charge < -0.3 is 0 Å². The summed E-state index contributed by atoms with van der Waals surface area (Å²) < 4.78 is 14.0. The molecule has 0 aromatic heterocycles. The van der Waals surface area contributed by atoms with Crippen molar-refractivity contribution in [2.24, 2.45) is 0 Å². The van der Waals surface area contributed by atoms with E-state index >= 15 is 0 Å². The van der Waals surface area contributed by atoms with Crippen LogP contribution < -0.4 is 25.0 Å². The molecule has 0 aromatic carbocycles. The molecular weight excluding hydrogens is 448 g/mol. The van der Waals surface area contributed by atoms with E-state index in [0.29, 0.717) is 10.2 Å². The van der Waals surface area contributed by atoms with E-state index in [0.717, 1.165) is 12.8 Å². The molecule has 2 fully saturated rings. The number of halogens is 2. The van der Waals surface area contributed by atoms with Gasteiger partial charge in [-0.25, -0.2) is 0 Å². The summed E-state index contributed by atoms with van der Waals surface area (Å²) >= 11 is 2.21. The topological polar surface area (TPSA) is 57.5 Å². The fraction of sp³-hybridized carbons (Fsp3) is 0.909. The predicted octanol–water partition coefficient (Wildman–Crippen LogP) is -1.04. The maximum absolute atomic E-state index is 11.9. The van der Waals surface area contributed by atoms with Crippen LogP contribution in [0.1, 0.15) is 39.0 Å². The first-order valence-electron chi connectivity index (χ1n) is 5.96. The molecule has 0 amide bonds. The normalized spacial score (nSPS) is 28.9. The minimum absolute atomic E-state index is 0.0228. The van der Waals surface area contributed by atoms with E-state index in [9.17, 15) is 4.79 Å². The van der Waals surface area contributed by atoms with Crippen LogP contribution in [0.3, 0.4) is 0 Å². The molecule has 1 heterocycles. The number of carbonyl (C=O) groups excluding carboxylic acids is 1. The van der Waals surface area contributed by atoms with Crippen LogP contribution in [0, 0.1) is 0 Å². The maximum atomic E-state index is 11.9. The Bertz CT molecular complexity index is 276. The Morgan fingerprint density at radius 2 is 2.12 bits per heavy atom. The zero-order valence-corrected chi connectivity index (χ0v) is 14.2. The number of nitrogens with one attached hydrogen (secondary N) is 1. The number of carbonyl (C=O) groups is 1. The fourth-order valence-corrected chi connectivity index (χ4v) is 5.24. The Kier molecular flexibility index (Phi) is 5.32. The number of ether oxygens (including phenoxy) is 2. The zero-order chi connectivity index (χ0) is 12.3. The van der Waals surface area contributed by atoms with Crippen LogP contribution in [-0.2, 0) is 14.3 Å². The number of rotatable bonds is 5. The van der Waals surface area contributed by atoms with Crippen LogP contribution in [0.4, 0.5) is 0 Å². The number of hydrogen-bond donors (Lipinski definition) is 1. The molecule has 0 bridgehead atoms. The van der Waals surface area contributed by atoms with Crippen molar-refractivity contribution in [1.29, 1.82) is 0 Å². The van der Waals surface area contributed by atoms with Crippen LogP contribution >= 0.6 is 22.6 Å². The number of esters is 1. The molecule has 0 aromatic rings. The van der Waals surface area contributed by atoms with E-state index in [1.807, 2.05) is 6.92 Å². The second kappa shape index (κ2) is 6.33. The van der Waals surface area contributed by atoms with Crippen molar-refractivity contribution in [3.8, 4) is 0 Å². The molecule has 2 rings (SSSR count). The minimum atomic E-state index is -0.416. The summed E-state index contributed by atoms with van der Waals surface area (Å²) in [6.07, 6.45) is 6.28. The molecule has 6 heteroatoms. The molecule has 1 N–H and O–H groups in total. The van der Waals surface area contributed by atoms with Gasteiger partial charge in [0.2, 0.25) is 0 Å². The van der Waals surface area contributed by atoms with Gasteiger partial charge in [0.1, 0.15) is 0 Å². The summed E-state index contributed by atoms with van der Waals surface area (Å²) in [5.41, 5.74) is 0. The van der Waals surface area contributed by atoms with Gasteiger partial charge in [-0.1, -0.05) is 0 Å². The van der Waals surface area contributed by atoms with Crippen LogP contribution in [0.5, 0.6) is 0 Å². The van der Waals surface area contributed by atoms with Crippen molar-refractivity contribution in [3.05, 3.63) is 0 Å². The van der Waals surface area contributed by atoms with Crippen LogP contribution in [0.15, 0.2) is 0 Å². The third kappa shape index (κ3) is 4.17. The number of alkyl halides is 2. The molecule has 0 radical (unpaired) electrons. The zero-order valence-electron chi connectivity index (χ0n) is 9.88. The molecule has 0 spiro atoms. The van der Waals surface area contributed by atoms with Gasteiger partial charge in [-0.2, -0.15) is 0 Å². The predicted molar refractivity (Wildman–Crippen MR) is 68.3 cm³/mol. The second-order valence-electron chi connectivity index (χ2n) is 4.63. The van der Waals surface area contributed by atoms with Gasteiger partial charge in [0, 0.05) is 0 Å². The first kappa shape index (κ1) is 14.3. The SMILES string of the molecule is CC(I)(C(=O)OCOC1CCCCC1)C1N[I-]1. The standard InChI is InChI=1S/C11H18I2NO3/c1-11(12,9-13-14-9)10(15)17-7-16-8-5-3-2-4-6-8/h8-9,14H,2-7H2,1H3/q-1. The van der Waals surface area contributed by atoms with Gasteiger partial charge in [0.15, 0.2) is 0 Å². The average molecular weight is 466 g/mol. The molecule has 1 aliphatic carbocycles. The van der Waals surface area contributed by atoms with E-state index in [2.05, 4.69) is 26.1 Å². The van der Waals surface area contributed by atoms with E-state index < -0.39 is 3.42 Å². The number of hydrogen-bond acceptors (Lipinski definition) is 4. The summed E-state index contributed by atoms with van der Waals surface area (Å²) in [6.45, 7) is 2.05. The van der Waals surface area contributed by atoms with E-state index in [1.54, 1.807) is 0 Å². The van der Waals surface area contributed by atoms with Crippen molar-refractivity contribution in [2.45, 2.75) is 52.6 Å². The van der Waals surface area contributed by atoms with Crippen molar-refractivity contribution in [2.75, 3.05) is 6.79 Å². The molecule has 2 atom stereocenters. The van der Waals surface area contributed by atoms with Crippen LogP contribution in [0.25, 0.3) is 0 Å². The summed E-state index contributed by atoms with van der Waals surface area (Å²) in [5.74, 6) is -0.149. The van der Waals surface area contributed by atoms with Gasteiger partial charge in [-0.05, 0) is 0 Å². The van der Waals surface area contributed by atoms with Gasteiger partial charge >= 0.3 is 127 Å². The van der Waals surface area contributed by atoms with Gasteiger partial charge in [0.25, 0.3) is 0 Å². The molecule has 17 heavy (non-hydrogen) atoms. The fourth-order valence-electron chi connectivity index (χ4n) is 1.90. The third-order valence-corrected chi connectivity index (χ3v) is 7.89. The monoisotopic (exact) mass is 466 g/mol. The summed E-state index contributed by atoms with van der Waals surface area (Å²) in [7, 11) is 0. The molecule has 2 aliphatic rings. The van der Waals surface area contributed by atoms with Crippen molar-refractivity contribution in [3.63, 3.8) is 0 Å². The van der Waals surface area contributed by atoms with Crippen molar-refractivity contribution < 1.29 is 35.7 Å². The Morgan fingerprint density at radius 3 is 2.71 bits per heavy atom. The van der Waals surface area contributed by atoms with Gasteiger partial charge in [-0.3, -0.25) is 0 Å². The first-order valence-corrected chi connectivity index (χ1v) is 9.36. The molecule has 1 saturated heterocycles. The van der Waals surface area contributed by atoms with E-state index in [-0.39, 0.29) is 34.2 Å². The third-order valence-electron chi connectivity index (χ3n) is 3.14. The van der Waals surface area contributed by atoms with Crippen LogP contribution in [-0.4, -0.2) is 26.3 Å². The Balaban J connectivity index is 1.65. The summed E-state index contributed by atoms with van der Waals surface area (Å²) in [4.78, 5) is 11.9. The Labute approximate surface area is 126 Å². The molecule has 2 unspecified atom stereocenters. The Morgan fingerprint density at radius 1 is 1.47 bits per heavy atom. The molecule has 4 nitrogen and oxygen atoms in total. The van der Waals surface area contributed by atoms with Crippen LogP contribution in [0.2, 0.25) is 0 Å². The summed E-state index contributed by atoms with van der Waals surface area (Å²) in [5, 5.41) is 0. The van der Waals surface area contributed by atoms with E-state index in [1.165, 1.54) is 19.3 Å². The second-order valence-corrected chi connectivity index (χ2v) is 9.36. The van der Waals surface area contributed by atoms with E-state index in [4.69, 9.17) is 9.47 Å². The molecule has 1 aliphatic heterocycles. The molecule has 1 saturated carbocycles. The molecular formula is C11H18I2NO3-. The summed E-state index contributed by atoms with van der Waals surface area (Å²) in [6, 6.07) is 0.